The molecular formula is C17H29F3N2O2. The van der Waals surface area contributed by atoms with Crippen LogP contribution < -0.4 is 5.32 Å². The summed E-state index contributed by atoms with van der Waals surface area (Å²) in [7, 11) is 1.66. The fraction of sp³-hybridized carbons (Fsp3) is 0.941. The Morgan fingerprint density at radius 1 is 1.33 bits per heavy atom. The van der Waals surface area contributed by atoms with Crippen molar-refractivity contribution in [3.63, 3.8) is 0 Å². The quantitative estimate of drug-likeness (QED) is 0.819. The van der Waals surface area contributed by atoms with Gasteiger partial charge in [-0.25, -0.2) is 4.79 Å². The lowest BCUT2D eigenvalue weighted by atomic mass is 9.67. The van der Waals surface area contributed by atoms with Crippen LogP contribution in [0, 0.1) is 16.7 Å². The predicted molar refractivity (Wildman–Crippen MR) is 85.7 cm³/mol. The lowest BCUT2D eigenvalue weighted by molar-refractivity contribution is -0.214. The minimum absolute atomic E-state index is 0.0290. The van der Waals surface area contributed by atoms with Crippen LogP contribution in [-0.4, -0.2) is 50.5 Å². The number of methoxy groups -OCH3 is 1. The highest BCUT2D eigenvalue weighted by Crippen LogP contribution is 2.45. The fourth-order valence-electron chi connectivity index (χ4n) is 4.02. The Kier molecular flexibility index (Phi) is 5.72. The summed E-state index contributed by atoms with van der Waals surface area (Å²) in [6.45, 7) is 4.72. The molecular weight excluding hydrogens is 321 g/mol. The third kappa shape index (κ3) is 4.35. The summed E-state index contributed by atoms with van der Waals surface area (Å²) in [6, 6.07) is -0.243. The standard InChI is InChI=1S/C17H29F3N2O2/c1-15(2)12-22(9-5-13(15)17(18,19)20)14(23)21-11-16(6-4-7-16)8-10-24-3/h13H,4-12H2,1-3H3,(H,21,23). The molecule has 1 atom stereocenters. The van der Waals surface area contributed by atoms with Gasteiger partial charge in [0.05, 0.1) is 5.92 Å². The van der Waals surface area contributed by atoms with Gasteiger partial charge in [-0.3, -0.25) is 0 Å². The topological polar surface area (TPSA) is 41.6 Å². The number of nitrogens with zero attached hydrogens (tertiary/aromatic N) is 1. The lowest BCUT2D eigenvalue weighted by Crippen LogP contribution is -2.55. The average molecular weight is 350 g/mol. The van der Waals surface area contributed by atoms with Crippen LogP contribution >= 0.6 is 0 Å². The smallest absolute Gasteiger partial charge is 0.385 e. The zero-order valence-electron chi connectivity index (χ0n) is 14.8. The molecule has 0 radical (unpaired) electrons. The van der Waals surface area contributed by atoms with E-state index in [2.05, 4.69) is 5.32 Å². The first kappa shape index (κ1) is 19.3. The van der Waals surface area contributed by atoms with Gasteiger partial charge in [0.25, 0.3) is 0 Å². The summed E-state index contributed by atoms with van der Waals surface area (Å²) >= 11 is 0. The molecule has 2 aliphatic rings. The van der Waals surface area contributed by atoms with Crippen LogP contribution in [0.2, 0.25) is 0 Å². The van der Waals surface area contributed by atoms with Crippen molar-refractivity contribution in [1.82, 2.24) is 10.2 Å². The second-order valence-electron chi connectivity index (χ2n) is 8.05. The van der Waals surface area contributed by atoms with E-state index in [1.807, 2.05) is 0 Å². The van der Waals surface area contributed by atoms with Crippen molar-refractivity contribution in [2.75, 3.05) is 33.4 Å². The molecule has 24 heavy (non-hydrogen) atoms. The molecule has 2 rings (SSSR count). The van der Waals surface area contributed by atoms with E-state index in [0.29, 0.717) is 13.2 Å². The van der Waals surface area contributed by atoms with Crippen molar-refractivity contribution >= 4 is 6.03 Å². The number of nitrogens with one attached hydrogen (secondary N) is 1. The molecule has 2 fully saturated rings. The van der Waals surface area contributed by atoms with Crippen molar-refractivity contribution in [3.05, 3.63) is 0 Å². The molecule has 0 bridgehead atoms. The minimum atomic E-state index is -4.21. The number of carbonyl (C=O) groups is 1. The summed E-state index contributed by atoms with van der Waals surface area (Å²) in [5.74, 6) is -1.35. The molecule has 0 aromatic rings. The molecule has 1 unspecified atom stereocenters. The van der Waals surface area contributed by atoms with Gasteiger partial charge in [-0.05, 0) is 36.5 Å². The second-order valence-corrected chi connectivity index (χ2v) is 8.05. The van der Waals surface area contributed by atoms with Gasteiger partial charge < -0.3 is 15.0 Å². The Hall–Kier alpha value is -0.980. The first-order chi connectivity index (χ1) is 11.1. The molecule has 1 aliphatic carbocycles. The molecule has 0 aromatic heterocycles. The van der Waals surface area contributed by atoms with Crippen LogP contribution in [-0.2, 0) is 4.74 Å². The number of piperidine rings is 1. The number of carbonyl (C=O) groups excluding carboxylic acids is 1. The Balaban J connectivity index is 1.88. The predicted octanol–water partition coefficient (Wildman–Crippen LogP) is 3.81. The summed E-state index contributed by atoms with van der Waals surface area (Å²) in [6.07, 6.45) is -0.0352. The van der Waals surface area contributed by atoms with Crippen LogP contribution in [0.4, 0.5) is 18.0 Å². The fourth-order valence-corrected chi connectivity index (χ4v) is 4.02. The van der Waals surface area contributed by atoms with Gasteiger partial charge in [0, 0.05) is 33.4 Å². The van der Waals surface area contributed by atoms with Crippen LogP contribution in [0.1, 0.15) is 46.0 Å². The van der Waals surface area contributed by atoms with Gasteiger partial charge in [0.2, 0.25) is 0 Å². The molecule has 7 heteroatoms. The number of alkyl halides is 3. The van der Waals surface area contributed by atoms with Gasteiger partial charge in [0.1, 0.15) is 0 Å². The number of hydrogen-bond acceptors (Lipinski definition) is 2. The van der Waals surface area contributed by atoms with Crippen LogP contribution in [0.15, 0.2) is 0 Å². The summed E-state index contributed by atoms with van der Waals surface area (Å²) < 4.78 is 44.5. The van der Waals surface area contributed by atoms with Gasteiger partial charge in [-0.1, -0.05) is 20.3 Å². The maximum absolute atomic E-state index is 13.1. The Labute approximate surface area is 142 Å². The number of rotatable bonds is 5. The molecule has 1 heterocycles. The molecule has 4 nitrogen and oxygen atoms in total. The van der Waals surface area contributed by atoms with E-state index in [4.69, 9.17) is 4.74 Å². The van der Waals surface area contributed by atoms with Crippen molar-refractivity contribution in [2.24, 2.45) is 16.7 Å². The third-order valence-corrected chi connectivity index (χ3v) is 5.78. The largest absolute Gasteiger partial charge is 0.392 e. The third-order valence-electron chi connectivity index (χ3n) is 5.78. The van der Waals surface area contributed by atoms with Crippen LogP contribution in [0.25, 0.3) is 0 Å². The van der Waals surface area contributed by atoms with E-state index >= 15 is 0 Å². The Morgan fingerprint density at radius 3 is 2.46 bits per heavy atom. The van der Waals surface area contributed by atoms with Crippen molar-refractivity contribution < 1.29 is 22.7 Å². The molecule has 1 N–H and O–H groups in total. The SMILES string of the molecule is COCCC1(CNC(=O)N2CCC(C(F)(F)F)C(C)(C)C2)CCC1. The monoisotopic (exact) mass is 350 g/mol. The molecule has 1 saturated carbocycles. The maximum atomic E-state index is 13.1. The minimum Gasteiger partial charge on any atom is -0.385 e. The summed E-state index contributed by atoms with van der Waals surface area (Å²) in [4.78, 5) is 13.9. The number of likely N-dealkylation sites (tertiary alicyclic amines) is 1. The normalized spacial score (nSPS) is 25.9. The van der Waals surface area contributed by atoms with E-state index in [-0.39, 0.29) is 31.0 Å². The van der Waals surface area contributed by atoms with Gasteiger partial charge in [-0.2, -0.15) is 13.2 Å². The highest BCUT2D eigenvalue weighted by Gasteiger charge is 2.51. The number of amides is 2. The highest BCUT2D eigenvalue weighted by molar-refractivity contribution is 5.74. The van der Waals surface area contributed by atoms with Crippen molar-refractivity contribution in [2.45, 2.75) is 52.1 Å². The van der Waals surface area contributed by atoms with Crippen molar-refractivity contribution in [1.29, 1.82) is 0 Å². The molecule has 0 aromatic carbocycles. The summed E-state index contributed by atoms with van der Waals surface area (Å²) in [5.41, 5.74) is -0.858. The van der Waals surface area contributed by atoms with Crippen LogP contribution in [0.5, 0.6) is 0 Å². The molecule has 2 amide bonds. The first-order valence-electron chi connectivity index (χ1n) is 8.68. The number of ether oxygens (including phenoxy) is 1. The van der Waals surface area contributed by atoms with Gasteiger partial charge >= 0.3 is 12.2 Å². The zero-order valence-corrected chi connectivity index (χ0v) is 14.8. The number of halogens is 3. The first-order valence-corrected chi connectivity index (χ1v) is 8.68. The summed E-state index contributed by atoms with van der Waals surface area (Å²) in [5, 5.41) is 2.95. The molecule has 1 saturated heterocycles. The van der Waals surface area contributed by atoms with E-state index in [0.717, 1.165) is 25.7 Å². The van der Waals surface area contributed by atoms with E-state index < -0.39 is 17.5 Å². The highest BCUT2D eigenvalue weighted by atomic mass is 19.4. The average Bonchev–Trinajstić information content (AvgIpc) is 2.43. The van der Waals surface area contributed by atoms with Crippen molar-refractivity contribution in [3.8, 4) is 0 Å². The van der Waals surface area contributed by atoms with E-state index in [9.17, 15) is 18.0 Å². The molecule has 1 aliphatic heterocycles. The van der Waals surface area contributed by atoms with E-state index in [1.54, 1.807) is 21.0 Å². The lowest BCUT2D eigenvalue weighted by Gasteiger charge is -2.46. The van der Waals surface area contributed by atoms with Gasteiger partial charge in [-0.15, -0.1) is 0 Å². The van der Waals surface area contributed by atoms with E-state index in [1.165, 1.54) is 4.90 Å². The molecule has 140 valence electrons. The van der Waals surface area contributed by atoms with Gasteiger partial charge in [0.15, 0.2) is 0 Å². The number of hydrogen-bond donors (Lipinski definition) is 1. The second kappa shape index (κ2) is 7.10. The van der Waals surface area contributed by atoms with Crippen LogP contribution in [0.3, 0.4) is 0 Å². The zero-order chi connectivity index (χ0) is 18.0. The Bertz CT molecular complexity index is 448. The number of urea groups is 1. The Morgan fingerprint density at radius 2 is 2.00 bits per heavy atom. The molecule has 0 spiro atoms. The maximum Gasteiger partial charge on any atom is 0.392 e.